The number of hydrogen-bond donors (Lipinski definition) is 2. The first-order chi connectivity index (χ1) is 11.4. The maximum atomic E-state index is 11.7. The predicted molar refractivity (Wildman–Crippen MR) is 94.7 cm³/mol. The number of benzene rings is 1. The third-order valence-corrected chi connectivity index (χ3v) is 4.28. The molecule has 2 saturated heterocycles. The van der Waals surface area contributed by atoms with E-state index in [1.54, 1.807) is 18.2 Å². The van der Waals surface area contributed by atoms with Crippen molar-refractivity contribution in [3.63, 3.8) is 0 Å². The van der Waals surface area contributed by atoms with Gasteiger partial charge in [0.2, 0.25) is 0 Å². The Kier molecular flexibility index (Phi) is 4.45. The average molecular weight is 347 g/mol. The summed E-state index contributed by atoms with van der Waals surface area (Å²) < 4.78 is 0. The SMILES string of the molecule is CN1CCN(c2ccc(/C=C3\NC(=S)NC3=O)cc2[N+](=O)[O-])CC1. The lowest BCUT2D eigenvalue weighted by Gasteiger charge is -2.33. The van der Waals surface area contributed by atoms with Crippen molar-refractivity contribution in [2.24, 2.45) is 0 Å². The van der Waals surface area contributed by atoms with Gasteiger partial charge in [0, 0.05) is 32.2 Å². The molecule has 24 heavy (non-hydrogen) atoms. The molecule has 0 atom stereocenters. The number of nitrogens with zero attached hydrogens (tertiary/aromatic N) is 3. The number of thiocarbonyl (C=S) groups is 1. The summed E-state index contributed by atoms with van der Waals surface area (Å²) in [6, 6.07) is 4.99. The number of hydrogen-bond acceptors (Lipinski definition) is 6. The van der Waals surface area contributed by atoms with Gasteiger partial charge in [-0.15, -0.1) is 0 Å². The van der Waals surface area contributed by atoms with Gasteiger partial charge in [0.15, 0.2) is 5.11 Å². The summed E-state index contributed by atoms with van der Waals surface area (Å²) in [6.07, 6.45) is 1.55. The van der Waals surface area contributed by atoms with Gasteiger partial charge in [0.1, 0.15) is 11.4 Å². The zero-order chi connectivity index (χ0) is 17.3. The molecule has 1 aromatic rings. The minimum absolute atomic E-state index is 0.0369. The van der Waals surface area contributed by atoms with Crippen LogP contribution < -0.4 is 15.5 Å². The van der Waals surface area contributed by atoms with Crippen molar-refractivity contribution < 1.29 is 9.72 Å². The normalized spacial score (nSPS) is 20.2. The van der Waals surface area contributed by atoms with E-state index in [1.807, 2.05) is 11.9 Å². The highest BCUT2D eigenvalue weighted by Gasteiger charge is 2.24. The van der Waals surface area contributed by atoms with Gasteiger partial charge in [0.25, 0.3) is 11.6 Å². The summed E-state index contributed by atoms with van der Waals surface area (Å²) in [4.78, 5) is 27.0. The number of nitro benzene ring substituents is 1. The number of carbonyl (C=O) groups excluding carboxylic acids is 1. The monoisotopic (exact) mass is 347 g/mol. The predicted octanol–water partition coefficient (Wildman–Crippen LogP) is 0.692. The van der Waals surface area contributed by atoms with Crippen LogP contribution in [0.4, 0.5) is 11.4 Å². The number of likely N-dealkylation sites (N-methyl/N-ethyl adjacent to an activating group) is 1. The third-order valence-electron chi connectivity index (χ3n) is 4.07. The molecule has 2 aliphatic rings. The van der Waals surface area contributed by atoms with E-state index in [0.29, 0.717) is 11.3 Å². The second kappa shape index (κ2) is 6.54. The van der Waals surface area contributed by atoms with Crippen molar-refractivity contribution in [3.05, 3.63) is 39.6 Å². The Balaban J connectivity index is 1.90. The number of piperazine rings is 1. The number of nitro groups is 1. The van der Waals surface area contributed by atoms with E-state index in [2.05, 4.69) is 15.5 Å². The Morgan fingerprint density at radius 2 is 1.96 bits per heavy atom. The third kappa shape index (κ3) is 3.36. The van der Waals surface area contributed by atoms with E-state index < -0.39 is 0 Å². The van der Waals surface area contributed by atoms with Crippen LogP contribution in [0.1, 0.15) is 5.56 Å². The van der Waals surface area contributed by atoms with E-state index in [4.69, 9.17) is 12.2 Å². The molecule has 0 aromatic heterocycles. The zero-order valence-corrected chi connectivity index (χ0v) is 13.9. The quantitative estimate of drug-likeness (QED) is 0.360. The number of anilines is 1. The van der Waals surface area contributed by atoms with Gasteiger partial charge in [-0.1, -0.05) is 6.07 Å². The van der Waals surface area contributed by atoms with Crippen LogP contribution in [0.2, 0.25) is 0 Å². The van der Waals surface area contributed by atoms with Crippen molar-refractivity contribution in [2.75, 3.05) is 38.1 Å². The lowest BCUT2D eigenvalue weighted by Crippen LogP contribution is -2.44. The van der Waals surface area contributed by atoms with Gasteiger partial charge in [-0.05, 0) is 37.0 Å². The minimum atomic E-state index is -0.386. The van der Waals surface area contributed by atoms with Crippen LogP contribution in [0.15, 0.2) is 23.9 Å². The van der Waals surface area contributed by atoms with E-state index >= 15 is 0 Å². The molecule has 3 rings (SSSR count). The van der Waals surface area contributed by atoms with Gasteiger partial charge < -0.3 is 15.1 Å². The highest BCUT2D eigenvalue weighted by Crippen LogP contribution is 2.30. The van der Waals surface area contributed by atoms with Gasteiger partial charge in [-0.25, -0.2) is 0 Å². The largest absolute Gasteiger partial charge is 0.363 e. The lowest BCUT2D eigenvalue weighted by atomic mass is 10.1. The van der Waals surface area contributed by atoms with E-state index in [9.17, 15) is 14.9 Å². The lowest BCUT2D eigenvalue weighted by molar-refractivity contribution is -0.384. The van der Waals surface area contributed by atoms with Crippen molar-refractivity contribution in [1.29, 1.82) is 0 Å². The number of nitrogens with one attached hydrogen (secondary N) is 2. The molecule has 0 bridgehead atoms. The fourth-order valence-corrected chi connectivity index (χ4v) is 2.94. The molecule has 0 unspecified atom stereocenters. The topological polar surface area (TPSA) is 90.8 Å². The summed E-state index contributed by atoms with van der Waals surface area (Å²) >= 11 is 4.87. The molecule has 1 aromatic carbocycles. The van der Waals surface area contributed by atoms with Crippen molar-refractivity contribution >= 4 is 40.7 Å². The fraction of sp³-hybridized carbons (Fsp3) is 0.333. The highest BCUT2D eigenvalue weighted by atomic mass is 32.1. The fourth-order valence-electron chi connectivity index (χ4n) is 2.74. The average Bonchev–Trinajstić information content (AvgIpc) is 2.85. The Hall–Kier alpha value is -2.52. The van der Waals surface area contributed by atoms with Crippen LogP contribution >= 0.6 is 12.2 Å². The smallest absolute Gasteiger partial charge is 0.293 e. The molecule has 0 radical (unpaired) electrons. The van der Waals surface area contributed by atoms with Crippen molar-refractivity contribution in [3.8, 4) is 0 Å². The Morgan fingerprint density at radius 3 is 2.54 bits per heavy atom. The molecular weight excluding hydrogens is 330 g/mol. The highest BCUT2D eigenvalue weighted by molar-refractivity contribution is 7.80. The minimum Gasteiger partial charge on any atom is -0.363 e. The maximum absolute atomic E-state index is 11.7. The second-order valence-corrected chi connectivity index (χ2v) is 6.17. The maximum Gasteiger partial charge on any atom is 0.293 e. The van der Waals surface area contributed by atoms with Gasteiger partial charge in [-0.2, -0.15) is 0 Å². The summed E-state index contributed by atoms with van der Waals surface area (Å²) in [6.45, 7) is 3.22. The van der Waals surface area contributed by atoms with Crippen molar-refractivity contribution in [1.82, 2.24) is 15.5 Å². The molecular formula is C15H17N5O3S. The summed E-state index contributed by atoms with van der Waals surface area (Å²) in [5, 5.41) is 16.9. The number of rotatable bonds is 3. The Labute approximate surface area is 144 Å². The van der Waals surface area contributed by atoms with Crippen molar-refractivity contribution in [2.45, 2.75) is 0 Å². The zero-order valence-electron chi connectivity index (χ0n) is 13.1. The Bertz CT molecular complexity index is 741. The first kappa shape index (κ1) is 16.3. The molecule has 2 N–H and O–H groups in total. The first-order valence-electron chi connectivity index (χ1n) is 7.50. The Morgan fingerprint density at radius 1 is 1.25 bits per heavy atom. The van der Waals surface area contributed by atoms with Crippen LogP contribution in [0.5, 0.6) is 0 Å². The number of carbonyl (C=O) groups is 1. The van der Waals surface area contributed by atoms with Crippen LogP contribution in [0, 0.1) is 10.1 Å². The molecule has 0 saturated carbocycles. The van der Waals surface area contributed by atoms with Crippen LogP contribution in [0.25, 0.3) is 6.08 Å². The molecule has 1 amide bonds. The summed E-state index contributed by atoms with van der Waals surface area (Å²) in [5.41, 5.74) is 1.49. The summed E-state index contributed by atoms with van der Waals surface area (Å²) in [5.74, 6) is -0.342. The molecule has 0 spiro atoms. The number of amides is 1. The standard InChI is InChI=1S/C15H17N5O3S/c1-18-4-6-19(7-5-18)12-3-2-10(9-13(12)20(22)23)8-11-14(21)17-15(24)16-11/h2-3,8-9H,4-7H2,1H3,(H2,16,17,21,24)/b11-8-. The van der Waals surface area contributed by atoms with E-state index in [-0.39, 0.29) is 27.3 Å². The molecule has 2 fully saturated rings. The van der Waals surface area contributed by atoms with Crippen LogP contribution in [-0.2, 0) is 4.79 Å². The summed E-state index contributed by atoms with van der Waals surface area (Å²) in [7, 11) is 2.03. The second-order valence-electron chi connectivity index (χ2n) is 5.76. The first-order valence-corrected chi connectivity index (χ1v) is 7.91. The molecule has 8 nitrogen and oxygen atoms in total. The van der Waals surface area contributed by atoms with E-state index in [0.717, 1.165) is 26.2 Å². The molecule has 2 aliphatic heterocycles. The van der Waals surface area contributed by atoms with Crippen LogP contribution in [-0.4, -0.2) is 54.1 Å². The van der Waals surface area contributed by atoms with Gasteiger partial charge in [0.05, 0.1) is 4.92 Å². The molecule has 9 heteroatoms. The molecule has 126 valence electrons. The van der Waals surface area contributed by atoms with Gasteiger partial charge in [-0.3, -0.25) is 20.2 Å². The van der Waals surface area contributed by atoms with E-state index in [1.165, 1.54) is 6.07 Å². The van der Waals surface area contributed by atoms with Crippen LogP contribution in [0.3, 0.4) is 0 Å². The molecule has 2 heterocycles. The van der Waals surface area contributed by atoms with Gasteiger partial charge >= 0.3 is 0 Å². The molecule has 0 aliphatic carbocycles.